The van der Waals surface area contributed by atoms with Gasteiger partial charge >= 0.3 is 0 Å². The van der Waals surface area contributed by atoms with Crippen LogP contribution in [0.1, 0.15) is 30.7 Å². The zero-order chi connectivity index (χ0) is 19.4. The second-order valence-corrected chi connectivity index (χ2v) is 15.0. The van der Waals surface area contributed by atoms with E-state index in [1.165, 1.54) is 0 Å². The number of nitrogens with zero attached hydrogens (tertiary/aromatic N) is 3. The summed E-state index contributed by atoms with van der Waals surface area (Å²) in [5.74, 6) is 0. The van der Waals surface area contributed by atoms with E-state index in [0.717, 1.165) is 64.8 Å². The van der Waals surface area contributed by atoms with Crippen molar-refractivity contribution in [3.8, 4) is 0 Å². The molecule has 8 heteroatoms. The summed E-state index contributed by atoms with van der Waals surface area (Å²) in [6.07, 6.45) is 3.13. The largest absolute Gasteiger partial charge is 0.361 e. The molecule has 6 nitrogen and oxygen atoms in total. The van der Waals surface area contributed by atoms with Gasteiger partial charge in [-0.05, 0) is 60.9 Å². The molecule has 1 aliphatic heterocycles. The molecule has 150 valence electrons. The van der Waals surface area contributed by atoms with Crippen LogP contribution in [0.4, 0.5) is 0 Å². The lowest BCUT2D eigenvalue weighted by Crippen LogP contribution is -2.23. The summed E-state index contributed by atoms with van der Waals surface area (Å²) in [5, 5.41) is 0. The Hall–Kier alpha value is -0.553. The van der Waals surface area contributed by atoms with Crippen LogP contribution in [-0.2, 0) is 27.5 Å². The van der Waals surface area contributed by atoms with Crippen LogP contribution in [0, 0.1) is 10.6 Å². The number of halogens is 1. The number of aryl methyl sites for hydroxylation is 1. The highest BCUT2D eigenvalue weighted by Gasteiger charge is 2.18. The maximum absolute atomic E-state index is 6.01. The Bertz CT molecular complexity index is 770. The standard InChI is InChI=1S/C19H30IN3O3Si/c1-14-18(20)22-16-11-15(12-26-17-7-5-6-8-25-17)23(19(16)21-14)13-24-9-10-27(2,3)4/h11,17H,5-10,12-13H2,1-4H3. The average Bonchev–Trinajstić information content (AvgIpc) is 2.94. The van der Waals surface area contributed by atoms with Crippen LogP contribution in [-0.4, -0.2) is 42.1 Å². The molecular formula is C19H30IN3O3Si. The average molecular weight is 503 g/mol. The molecule has 1 atom stereocenters. The van der Waals surface area contributed by atoms with Gasteiger partial charge in [0.05, 0.1) is 18.0 Å². The molecule has 1 saturated heterocycles. The summed E-state index contributed by atoms with van der Waals surface area (Å²) < 4.78 is 20.7. The fourth-order valence-corrected chi connectivity index (χ4v) is 4.12. The van der Waals surface area contributed by atoms with Crippen molar-refractivity contribution in [3.63, 3.8) is 0 Å². The van der Waals surface area contributed by atoms with E-state index in [-0.39, 0.29) is 6.29 Å². The van der Waals surface area contributed by atoms with Crippen LogP contribution in [0.2, 0.25) is 25.7 Å². The van der Waals surface area contributed by atoms with Crippen LogP contribution in [0.5, 0.6) is 0 Å². The fourth-order valence-electron chi connectivity index (χ4n) is 2.98. The molecule has 1 aliphatic rings. The van der Waals surface area contributed by atoms with Gasteiger partial charge in [-0.1, -0.05) is 19.6 Å². The summed E-state index contributed by atoms with van der Waals surface area (Å²) in [4.78, 5) is 9.44. The minimum Gasteiger partial charge on any atom is -0.361 e. The number of fused-ring (bicyclic) bond motifs is 1. The van der Waals surface area contributed by atoms with Crippen LogP contribution in [0.3, 0.4) is 0 Å². The monoisotopic (exact) mass is 503 g/mol. The third-order valence-electron chi connectivity index (χ3n) is 4.70. The predicted octanol–water partition coefficient (Wildman–Crippen LogP) is 4.70. The zero-order valence-electron chi connectivity index (χ0n) is 16.8. The molecule has 3 rings (SSSR count). The Morgan fingerprint density at radius 1 is 1.30 bits per heavy atom. The first kappa shape index (κ1) is 21.2. The molecule has 1 unspecified atom stereocenters. The SMILES string of the molecule is Cc1nc2c(cc(COC3CCCCO3)n2COCC[Si](C)(C)C)nc1I. The molecule has 0 saturated carbocycles. The van der Waals surface area contributed by atoms with E-state index >= 15 is 0 Å². The third-order valence-corrected chi connectivity index (χ3v) is 7.42. The van der Waals surface area contributed by atoms with Crippen molar-refractivity contribution in [3.05, 3.63) is 21.2 Å². The van der Waals surface area contributed by atoms with E-state index < -0.39 is 8.07 Å². The topological polar surface area (TPSA) is 58.4 Å². The lowest BCUT2D eigenvalue weighted by Gasteiger charge is -2.23. The van der Waals surface area contributed by atoms with Crippen molar-refractivity contribution in [2.45, 2.75) is 71.5 Å². The fraction of sp³-hybridized carbons (Fsp3) is 0.684. The van der Waals surface area contributed by atoms with Gasteiger partial charge in [0.25, 0.3) is 0 Å². The van der Waals surface area contributed by atoms with E-state index in [9.17, 15) is 0 Å². The maximum atomic E-state index is 6.01. The zero-order valence-corrected chi connectivity index (χ0v) is 19.9. The van der Waals surface area contributed by atoms with Crippen molar-refractivity contribution in [1.82, 2.24) is 14.5 Å². The number of aromatic nitrogens is 3. The van der Waals surface area contributed by atoms with Crippen LogP contribution < -0.4 is 0 Å². The van der Waals surface area contributed by atoms with E-state index in [4.69, 9.17) is 19.2 Å². The molecule has 0 bridgehead atoms. The van der Waals surface area contributed by atoms with E-state index in [1.54, 1.807) is 0 Å². The quantitative estimate of drug-likeness (QED) is 0.297. The Morgan fingerprint density at radius 2 is 2.11 bits per heavy atom. The van der Waals surface area contributed by atoms with Gasteiger partial charge in [0.1, 0.15) is 15.9 Å². The lowest BCUT2D eigenvalue weighted by molar-refractivity contribution is -0.170. The smallest absolute Gasteiger partial charge is 0.161 e. The van der Waals surface area contributed by atoms with Gasteiger partial charge in [0.2, 0.25) is 0 Å². The first-order valence-corrected chi connectivity index (χ1v) is 14.5. The first-order chi connectivity index (χ1) is 12.8. The lowest BCUT2D eigenvalue weighted by atomic mass is 10.2. The predicted molar refractivity (Wildman–Crippen MR) is 117 cm³/mol. The van der Waals surface area contributed by atoms with Crippen LogP contribution in [0.25, 0.3) is 11.2 Å². The molecule has 0 aliphatic carbocycles. The van der Waals surface area contributed by atoms with Crippen molar-refractivity contribution in [2.24, 2.45) is 0 Å². The molecule has 3 heterocycles. The van der Waals surface area contributed by atoms with Crippen molar-refractivity contribution in [2.75, 3.05) is 13.2 Å². The van der Waals surface area contributed by atoms with Gasteiger partial charge in [-0.3, -0.25) is 0 Å². The van der Waals surface area contributed by atoms with Gasteiger partial charge < -0.3 is 18.8 Å². The molecule has 0 N–H and O–H groups in total. The summed E-state index contributed by atoms with van der Waals surface area (Å²) in [6.45, 7) is 11.6. The normalized spacial score (nSPS) is 18.3. The summed E-state index contributed by atoms with van der Waals surface area (Å²) >= 11 is 2.23. The van der Waals surface area contributed by atoms with Crippen molar-refractivity contribution < 1.29 is 14.2 Å². The van der Waals surface area contributed by atoms with Crippen molar-refractivity contribution >= 4 is 41.8 Å². The van der Waals surface area contributed by atoms with E-state index in [2.05, 4.69) is 57.8 Å². The number of ether oxygens (including phenoxy) is 3. The van der Waals surface area contributed by atoms with Gasteiger partial charge in [-0.25, -0.2) is 9.97 Å². The highest BCUT2D eigenvalue weighted by molar-refractivity contribution is 14.1. The number of hydrogen-bond acceptors (Lipinski definition) is 5. The van der Waals surface area contributed by atoms with Gasteiger partial charge in [-0.15, -0.1) is 0 Å². The van der Waals surface area contributed by atoms with E-state index in [0.29, 0.717) is 13.3 Å². The molecule has 0 aromatic carbocycles. The second-order valence-electron chi connectivity index (χ2n) is 8.33. The Balaban J connectivity index is 1.75. The Morgan fingerprint density at radius 3 is 2.81 bits per heavy atom. The van der Waals surface area contributed by atoms with E-state index in [1.807, 2.05) is 6.92 Å². The van der Waals surface area contributed by atoms with Gasteiger partial charge in [0.15, 0.2) is 11.9 Å². The van der Waals surface area contributed by atoms with Gasteiger partial charge in [0, 0.05) is 21.3 Å². The maximum Gasteiger partial charge on any atom is 0.161 e. The molecule has 0 radical (unpaired) electrons. The molecule has 0 spiro atoms. The summed E-state index contributed by atoms with van der Waals surface area (Å²) in [6, 6.07) is 3.21. The molecular weight excluding hydrogens is 473 g/mol. The minimum atomic E-state index is -1.11. The Kier molecular flexibility index (Phi) is 7.29. The summed E-state index contributed by atoms with van der Waals surface area (Å²) in [5.41, 5.74) is 3.73. The highest BCUT2D eigenvalue weighted by Crippen LogP contribution is 2.22. The third kappa shape index (κ3) is 5.96. The second kappa shape index (κ2) is 9.30. The van der Waals surface area contributed by atoms with Crippen LogP contribution >= 0.6 is 22.6 Å². The first-order valence-electron chi connectivity index (χ1n) is 9.67. The molecule has 2 aromatic rings. The molecule has 27 heavy (non-hydrogen) atoms. The highest BCUT2D eigenvalue weighted by atomic mass is 127. The molecule has 1 fully saturated rings. The van der Waals surface area contributed by atoms with Crippen molar-refractivity contribution in [1.29, 1.82) is 0 Å². The number of rotatable bonds is 8. The molecule has 2 aromatic heterocycles. The minimum absolute atomic E-state index is 0.110. The molecule has 0 amide bonds. The van der Waals surface area contributed by atoms with Crippen LogP contribution in [0.15, 0.2) is 6.07 Å². The summed E-state index contributed by atoms with van der Waals surface area (Å²) in [7, 11) is -1.11. The Labute approximate surface area is 176 Å². The van der Waals surface area contributed by atoms with Gasteiger partial charge in [-0.2, -0.15) is 0 Å². The number of hydrogen-bond donors (Lipinski definition) is 0.